The van der Waals surface area contributed by atoms with Gasteiger partial charge in [0.05, 0.1) is 11.8 Å². The van der Waals surface area contributed by atoms with E-state index in [4.69, 9.17) is 0 Å². The molecular formula is C62H98N2O6S4. The van der Waals surface area contributed by atoms with E-state index in [1.54, 1.807) is 12.1 Å². The lowest BCUT2D eigenvalue weighted by atomic mass is 9.66. The normalized spacial score (nSPS) is 17.7. The van der Waals surface area contributed by atoms with Gasteiger partial charge in [0.1, 0.15) is 11.6 Å². The number of aliphatic hydroxyl groups is 2. The fourth-order valence-corrected chi connectivity index (χ4v) is 16.0. The van der Waals surface area contributed by atoms with Gasteiger partial charge in [-0.25, -0.2) is 0 Å². The molecule has 0 radical (unpaired) electrons. The lowest BCUT2D eigenvalue weighted by Gasteiger charge is -2.41. The quantitative estimate of drug-likeness (QED) is 0.0327. The van der Waals surface area contributed by atoms with Crippen LogP contribution >= 0.6 is 45.3 Å². The third-order valence-electron chi connectivity index (χ3n) is 16.3. The van der Waals surface area contributed by atoms with E-state index >= 15 is 0 Å². The zero-order valence-electron chi connectivity index (χ0n) is 46.4. The summed E-state index contributed by atoms with van der Waals surface area (Å²) in [5.74, 6) is -4.59. The maximum Gasteiger partial charge on any atom is 0.258 e. The SMILES string of the molecule is CCCCCCCCCCC(CCCCCCCC)CNC(=O)C(O)(c1cc2sccc2s1)C1CC(=O)C(C(O)(C(=O)NCC(CCCCCCCC)CCCCCCCCCC)c2cc3sccc3s2)CC1=O. The van der Waals surface area contributed by atoms with Crippen molar-refractivity contribution in [3.05, 3.63) is 44.8 Å². The third kappa shape index (κ3) is 18.9. The number of hydrogen-bond donors (Lipinski definition) is 4. The summed E-state index contributed by atoms with van der Waals surface area (Å²) in [6.45, 7) is 9.73. The second kappa shape index (κ2) is 34.4. The molecule has 0 bridgehead atoms. The van der Waals surface area contributed by atoms with Crippen LogP contribution in [-0.2, 0) is 30.4 Å². The minimum Gasteiger partial charge on any atom is -0.374 e. The highest BCUT2D eigenvalue weighted by molar-refractivity contribution is 7.27. The summed E-state index contributed by atoms with van der Waals surface area (Å²) in [5, 5.41) is 36.3. The molecule has 416 valence electrons. The van der Waals surface area contributed by atoms with Crippen molar-refractivity contribution in [1.29, 1.82) is 0 Å². The Morgan fingerprint density at radius 2 is 0.757 bits per heavy atom. The van der Waals surface area contributed by atoms with Gasteiger partial charge in [0.25, 0.3) is 11.8 Å². The number of hydrogen-bond acceptors (Lipinski definition) is 10. The van der Waals surface area contributed by atoms with Crippen LogP contribution in [0.1, 0.15) is 256 Å². The summed E-state index contributed by atoms with van der Waals surface area (Å²) in [6, 6.07) is 7.52. The van der Waals surface area contributed by atoms with Gasteiger partial charge in [0.2, 0.25) is 0 Å². The van der Waals surface area contributed by atoms with Crippen LogP contribution in [0.5, 0.6) is 0 Å². The highest BCUT2D eigenvalue weighted by Crippen LogP contribution is 2.48. The Balaban J connectivity index is 1.34. The van der Waals surface area contributed by atoms with E-state index in [1.807, 2.05) is 22.9 Å². The Morgan fingerprint density at radius 3 is 1.04 bits per heavy atom. The largest absolute Gasteiger partial charge is 0.374 e. The highest BCUT2D eigenvalue weighted by atomic mass is 32.1. The number of fused-ring (bicyclic) bond motifs is 2. The van der Waals surface area contributed by atoms with Gasteiger partial charge in [0, 0.05) is 54.5 Å². The first-order valence-electron chi connectivity index (χ1n) is 30.0. The van der Waals surface area contributed by atoms with Gasteiger partial charge < -0.3 is 20.8 Å². The van der Waals surface area contributed by atoms with Gasteiger partial charge in [-0.15, -0.1) is 45.3 Å². The molecule has 2 amide bonds. The zero-order chi connectivity index (χ0) is 53.0. The smallest absolute Gasteiger partial charge is 0.258 e. The number of amides is 2. The van der Waals surface area contributed by atoms with Gasteiger partial charge >= 0.3 is 0 Å². The molecule has 74 heavy (non-hydrogen) atoms. The fraction of sp³-hybridized carbons (Fsp3) is 0.742. The van der Waals surface area contributed by atoms with Crippen molar-refractivity contribution in [1.82, 2.24) is 10.6 Å². The van der Waals surface area contributed by atoms with Crippen LogP contribution in [0.3, 0.4) is 0 Å². The first-order valence-corrected chi connectivity index (χ1v) is 33.4. The van der Waals surface area contributed by atoms with Gasteiger partial charge in [-0.3, -0.25) is 19.2 Å². The van der Waals surface area contributed by atoms with Crippen LogP contribution in [0.4, 0.5) is 0 Å². The number of nitrogens with one attached hydrogen (secondary N) is 2. The molecule has 1 aliphatic rings. The standard InChI is InChI=1S/C62H98N2O6S4/c1-5-9-13-17-21-23-27-31-35-47(33-29-25-19-15-11-7-3)45-63-59(67)61(69,57-43-55-53(73-57)37-39-71-55)49-41-52(66)50(42-51(49)65)62(70,58-44-56-54(74-58)38-40-72-56)60(68)64-46-48(34-30-26-20-16-12-8-4)36-32-28-24-22-18-14-10-6-2/h37-40,43-44,47-50,69-70H,5-36,41-42,45-46H2,1-4H3,(H,63,67)(H,64,68). The van der Waals surface area contributed by atoms with Crippen LogP contribution in [0.15, 0.2) is 35.0 Å². The van der Waals surface area contributed by atoms with Crippen LogP contribution in [0, 0.1) is 23.7 Å². The van der Waals surface area contributed by atoms with Gasteiger partial charge in [-0.2, -0.15) is 0 Å². The van der Waals surface area contributed by atoms with Crippen LogP contribution < -0.4 is 10.6 Å². The van der Waals surface area contributed by atoms with Crippen molar-refractivity contribution in [2.75, 3.05) is 13.1 Å². The Hall–Kier alpha value is -2.48. The minimum absolute atomic E-state index is 0.231. The molecular weight excluding hydrogens is 997 g/mol. The van der Waals surface area contributed by atoms with Gasteiger partial charge in [-0.1, -0.05) is 207 Å². The van der Waals surface area contributed by atoms with E-state index in [0.29, 0.717) is 22.8 Å². The van der Waals surface area contributed by atoms with E-state index < -0.39 is 59.3 Å². The average Bonchev–Trinajstić information content (AvgIpc) is 4.22. The van der Waals surface area contributed by atoms with Crippen molar-refractivity contribution in [2.45, 2.75) is 257 Å². The minimum atomic E-state index is -2.31. The molecule has 12 heteroatoms. The van der Waals surface area contributed by atoms with Crippen molar-refractivity contribution in [3.63, 3.8) is 0 Å². The third-order valence-corrected chi connectivity index (χ3v) is 20.7. The molecule has 0 aromatic carbocycles. The maximum atomic E-state index is 14.9. The number of rotatable bonds is 42. The fourth-order valence-electron chi connectivity index (χ4n) is 11.5. The van der Waals surface area contributed by atoms with Crippen LogP contribution in [0.2, 0.25) is 0 Å². The number of ketones is 2. The number of Topliss-reactive ketones (excluding diaryl/α,β-unsaturated/α-hetero) is 2. The van der Waals surface area contributed by atoms with Gasteiger partial charge in [0.15, 0.2) is 11.2 Å². The zero-order valence-corrected chi connectivity index (χ0v) is 49.7. The number of thiophene rings is 4. The van der Waals surface area contributed by atoms with Gasteiger partial charge in [-0.05, 0) is 72.5 Å². The Kier molecular flexibility index (Phi) is 29.0. The van der Waals surface area contributed by atoms with E-state index in [2.05, 4.69) is 38.3 Å². The Morgan fingerprint density at radius 1 is 0.473 bits per heavy atom. The molecule has 4 N–H and O–H groups in total. The first-order chi connectivity index (χ1) is 36.0. The molecule has 1 aliphatic carbocycles. The predicted molar refractivity (Wildman–Crippen MR) is 317 cm³/mol. The summed E-state index contributed by atoms with van der Waals surface area (Å²) in [4.78, 5) is 60.3. The summed E-state index contributed by atoms with van der Waals surface area (Å²) >= 11 is 5.59. The second-order valence-corrected chi connectivity index (χ2v) is 26.4. The lowest BCUT2D eigenvalue weighted by Crippen LogP contribution is -2.59. The molecule has 6 unspecified atom stereocenters. The van der Waals surface area contributed by atoms with Crippen molar-refractivity contribution < 1.29 is 29.4 Å². The number of unbranched alkanes of at least 4 members (excludes halogenated alkanes) is 24. The van der Waals surface area contributed by atoms with E-state index in [9.17, 15) is 29.4 Å². The number of carbonyl (C=O) groups excluding carboxylic acids is 4. The van der Waals surface area contributed by atoms with Crippen molar-refractivity contribution >= 4 is 87.5 Å². The molecule has 5 rings (SSSR count). The summed E-state index contributed by atoms with van der Waals surface area (Å²) in [5.41, 5.74) is -4.62. The predicted octanol–water partition coefficient (Wildman–Crippen LogP) is 17.5. The Labute approximate surface area is 463 Å². The monoisotopic (exact) mass is 1090 g/mol. The topological polar surface area (TPSA) is 133 Å². The Bertz CT molecular complexity index is 2000. The maximum absolute atomic E-state index is 14.9. The molecule has 1 fully saturated rings. The van der Waals surface area contributed by atoms with Crippen molar-refractivity contribution in [2.24, 2.45) is 23.7 Å². The summed E-state index contributed by atoms with van der Waals surface area (Å²) in [6.07, 6.45) is 37.0. The molecule has 8 nitrogen and oxygen atoms in total. The molecule has 6 atom stereocenters. The summed E-state index contributed by atoms with van der Waals surface area (Å²) < 4.78 is 3.61. The molecule has 0 spiro atoms. The molecule has 0 aliphatic heterocycles. The molecule has 4 aromatic rings. The number of carbonyl (C=O) groups is 4. The molecule has 1 saturated carbocycles. The van der Waals surface area contributed by atoms with E-state index in [-0.39, 0.29) is 11.8 Å². The summed E-state index contributed by atoms with van der Waals surface area (Å²) in [7, 11) is 0. The first kappa shape index (κ1) is 62.4. The van der Waals surface area contributed by atoms with Crippen LogP contribution in [0.25, 0.3) is 18.8 Å². The lowest BCUT2D eigenvalue weighted by molar-refractivity contribution is -0.168. The highest BCUT2D eigenvalue weighted by Gasteiger charge is 2.59. The van der Waals surface area contributed by atoms with E-state index in [1.165, 1.54) is 174 Å². The molecule has 0 saturated heterocycles. The van der Waals surface area contributed by atoms with E-state index in [0.717, 1.165) is 95.8 Å². The second-order valence-electron chi connectivity index (χ2n) is 22.3. The molecule has 4 aromatic heterocycles. The van der Waals surface area contributed by atoms with Crippen LogP contribution in [-0.4, -0.2) is 46.7 Å². The average molecular weight is 1100 g/mol. The van der Waals surface area contributed by atoms with Crippen molar-refractivity contribution in [3.8, 4) is 0 Å². The molecule has 4 heterocycles.